The Hall–Kier alpha value is -4.66. The molecule has 5 aromatic rings. The van der Waals surface area contributed by atoms with E-state index < -0.39 is 0 Å². The molecule has 0 radical (unpaired) electrons. The smallest absolute Gasteiger partial charge is 0.252 e. The first kappa shape index (κ1) is 22.1. The van der Waals surface area contributed by atoms with Crippen LogP contribution >= 0.6 is 0 Å². The molecule has 1 N–H and O–H groups in total. The van der Waals surface area contributed by atoms with E-state index in [-0.39, 0.29) is 12.5 Å². The fourth-order valence-electron chi connectivity index (χ4n) is 3.84. The first-order valence-corrected chi connectivity index (χ1v) is 11.0. The Kier molecular flexibility index (Phi) is 6.13. The molecule has 176 valence electrons. The summed E-state index contributed by atoms with van der Waals surface area (Å²) in [7, 11) is 3.18. The monoisotopic (exact) mass is 469 g/mol. The summed E-state index contributed by atoms with van der Waals surface area (Å²) in [6.07, 6.45) is 0. The Morgan fingerprint density at radius 1 is 0.943 bits per heavy atom. The zero-order valence-electron chi connectivity index (χ0n) is 19.3. The molecule has 0 aliphatic heterocycles. The lowest BCUT2D eigenvalue weighted by atomic mass is 10.0. The van der Waals surface area contributed by atoms with Crippen LogP contribution in [0.25, 0.3) is 27.8 Å². The molecule has 2 heterocycles. The number of ether oxygens (including phenoxy) is 3. The van der Waals surface area contributed by atoms with Gasteiger partial charge in [-0.3, -0.25) is 4.79 Å². The molecule has 0 spiro atoms. The summed E-state index contributed by atoms with van der Waals surface area (Å²) in [5.41, 5.74) is 1.87. The third-order valence-electron chi connectivity index (χ3n) is 5.56. The maximum atomic E-state index is 12.7. The average molecular weight is 470 g/mol. The minimum Gasteiger partial charge on any atom is -0.497 e. The van der Waals surface area contributed by atoms with Crippen molar-refractivity contribution < 1.29 is 19.0 Å². The second kappa shape index (κ2) is 9.68. The Morgan fingerprint density at radius 3 is 2.66 bits per heavy atom. The fraction of sp³-hybridized carbons (Fsp3) is 0.154. The van der Waals surface area contributed by atoms with Crippen LogP contribution in [-0.4, -0.2) is 53.1 Å². The van der Waals surface area contributed by atoms with Gasteiger partial charge in [0.1, 0.15) is 18.1 Å². The highest BCUT2D eigenvalue weighted by Crippen LogP contribution is 2.32. The molecule has 0 atom stereocenters. The number of nitrogens with one attached hydrogen (secondary N) is 1. The largest absolute Gasteiger partial charge is 0.497 e. The third-order valence-corrected chi connectivity index (χ3v) is 5.56. The van der Waals surface area contributed by atoms with Crippen LogP contribution in [-0.2, 0) is 0 Å². The summed E-state index contributed by atoms with van der Waals surface area (Å²) < 4.78 is 18.2. The molecule has 0 bridgehead atoms. The summed E-state index contributed by atoms with van der Waals surface area (Å²) in [6, 6.07) is 22.4. The Balaban J connectivity index is 1.29. The standard InChI is InChI=1S/C26H23N5O4/c1-33-18-10-11-22(34-2)21(16-18)25-29-28-23-12-13-24(30-31(23)25)35-15-14-27-26(32)20-9-5-7-17-6-3-4-8-19(17)20/h3-13,16H,14-15H2,1-2H3,(H,27,32). The van der Waals surface area contributed by atoms with E-state index >= 15 is 0 Å². The summed E-state index contributed by atoms with van der Waals surface area (Å²) in [6.45, 7) is 0.565. The van der Waals surface area contributed by atoms with E-state index in [1.165, 1.54) is 0 Å². The van der Waals surface area contributed by atoms with Crippen LogP contribution < -0.4 is 19.5 Å². The van der Waals surface area contributed by atoms with Crippen LogP contribution in [0.2, 0.25) is 0 Å². The SMILES string of the molecule is COc1ccc(OC)c(-c2nnc3ccc(OCCNC(=O)c4cccc5ccccc45)nn23)c1. The van der Waals surface area contributed by atoms with Crippen molar-refractivity contribution in [1.82, 2.24) is 25.1 Å². The van der Waals surface area contributed by atoms with Crippen LogP contribution in [0.3, 0.4) is 0 Å². The minimum atomic E-state index is -0.153. The molecule has 0 unspecified atom stereocenters. The van der Waals surface area contributed by atoms with Gasteiger partial charge >= 0.3 is 0 Å². The van der Waals surface area contributed by atoms with E-state index in [1.807, 2.05) is 48.5 Å². The van der Waals surface area contributed by atoms with Gasteiger partial charge in [0.25, 0.3) is 5.91 Å². The van der Waals surface area contributed by atoms with Crippen molar-refractivity contribution in [2.45, 2.75) is 0 Å². The number of hydrogen-bond acceptors (Lipinski definition) is 7. The van der Waals surface area contributed by atoms with Crippen molar-refractivity contribution in [2.24, 2.45) is 0 Å². The second-order valence-corrected chi connectivity index (χ2v) is 7.66. The average Bonchev–Trinajstić information content (AvgIpc) is 3.33. The molecule has 5 rings (SSSR count). The predicted molar refractivity (Wildman–Crippen MR) is 131 cm³/mol. The maximum absolute atomic E-state index is 12.7. The van der Waals surface area contributed by atoms with E-state index in [9.17, 15) is 4.79 Å². The first-order chi connectivity index (χ1) is 17.2. The number of methoxy groups -OCH3 is 2. The van der Waals surface area contributed by atoms with Crippen molar-refractivity contribution in [3.63, 3.8) is 0 Å². The molecule has 0 fully saturated rings. The molecule has 3 aromatic carbocycles. The highest BCUT2D eigenvalue weighted by Gasteiger charge is 2.16. The minimum absolute atomic E-state index is 0.153. The van der Waals surface area contributed by atoms with Gasteiger partial charge in [0, 0.05) is 11.6 Å². The highest BCUT2D eigenvalue weighted by molar-refractivity contribution is 6.06. The Labute approximate surface area is 201 Å². The number of carbonyl (C=O) groups is 1. The van der Waals surface area contributed by atoms with Crippen molar-refractivity contribution in [3.8, 4) is 28.8 Å². The van der Waals surface area contributed by atoms with Crippen molar-refractivity contribution in [3.05, 3.63) is 78.4 Å². The maximum Gasteiger partial charge on any atom is 0.252 e. The molecule has 2 aromatic heterocycles. The zero-order valence-corrected chi connectivity index (χ0v) is 19.3. The van der Waals surface area contributed by atoms with E-state index in [1.54, 1.807) is 43.0 Å². The van der Waals surface area contributed by atoms with Gasteiger partial charge in [-0.05, 0) is 41.1 Å². The number of hydrogen-bond donors (Lipinski definition) is 1. The molecule has 9 nitrogen and oxygen atoms in total. The summed E-state index contributed by atoms with van der Waals surface area (Å²) in [5.74, 6) is 1.99. The predicted octanol–water partition coefficient (Wildman–Crippen LogP) is 3.77. The summed E-state index contributed by atoms with van der Waals surface area (Å²) in [4.78, 5) is 12.7. The van der Waals surface area contributed by atoms with Crippen LogP contribution in [0.4, 0.5) is 0 Å². The lowest BCUT2D eigenvalue weighted by Crippen LogP contribution is -2.28. The van der Waals surface area contributed by atoms with Gasteiger partial charge in [0.2, 0.25) is 5.88 Å². The lowest BCUT2D eigenvalue weighted by molar-refractivity contribution is 0.0948. The van der Waals surface area contributed by atoms with Crippen molar-refractivity contribution in [2.75, 3.05) is 27.4 Å². The molecular weight excluding hydrogens is 446 g/mol. The van der Waals surface area contributed by atoms with E-state index in [2.05, 4.69) is 20.6 Å². The van der Waals surface area contributed by atoms with E-state index in [0.717, 1.165) is 10.8 Å². The number of carbonyl (C=O) groups excluding carboxylic acids is 1. The summed E-state index contributed by atoms with van der Waals surface area (Å²) >= 11 is 0. The molecule has 0 saturated heterocycles. The molecule has 0 aliphatic rings. The molecule has 1 amide bonds. The van der Waals surface area contributed by atoms with E-state index in [4.69, 9.17) is 14.2 Å². The number of aromatic nitrogens is 4. The highest BCUT2D eigenvalue weighted by atomic mass is 16.5. The van der Waals surface area contributed by atoms with Crippen LogP contribution in [0.1, 0.15) is 10.4 Å². The van der Waals surface area contributed by atoms with Crippen molar-refractivity contribution in [1.29, 1.82) is 0 Å². The third kappa shape index (κ3) is 4.43. The molecular formula is C26H23N5O4. The topological polar surface area (TPSA) is 99.9 Å². The number of nitrogens with zero attached hydrogens (tertiary/aromatic N) is 4. The molecule has 0 aliphatic carbocycles. The first-order valence-electron chi connectivity index (χ1n) is 11.0. The van der Waals surface area contributed by atoms with Gasteiger partial charge < -0.3 is 19.5 Å². The fourth-order valence-corrected chi connectivity index (χ4v) is 3.84. The Morgan fingerprint density at radius 2 is 1.80 bits per heavy atom. The molecule has 35 heavy (non-hydrogen) atoms. The number of fused-ring (bicyclic) bond motifs is 2. The van der Waals surface area contributed by atoms with E-state index in [0.29, 0.717) is 46.5 Å². The number of amides is 1. The summed E-state index contributed by atoms with van der Waals surface area (Å²) in [5, 5.41) is 17.8. The second-order valence-electron chi connectivity index (χ2n) is 7.66. The van der Waals surface area contributed by atoms with Crippen LogP contribution in [0.15, 0.2) is 72.8 Å². The zero-order chi connectivity index (χ0) is 24.2. The van der Waals surface area contributed by atoms with Gasteiger partial charge in [-0.25, -0.2) is 0 Å². The quantitative estimate of drug-likeness (QED) is 0.345. The lowest BCUT2D eigenvalue weighted by Gasteiger charge is -2.10. The van der Waals surface area contributed by atoms with Gasteiger partial charge in [0.05, 0.1) is 26.3 Å². The van der Waals surface area contributed by atoms with Gasteiger partial charge in [0.15, 0.2) is 11.5 Å². The van der Waals surface area contributed by atoms with Gasteiger partial charge in [-0.1, -0.05) is 36.4 Å². The van der Waals surface area contributed by atoms with Gasteiger partial charge in [-0.2, -0.15) is 4.52 Å². The normalized spacial score (nSPS) is 10.9. The molecule has 9 heteroatoms. The van der Waals surface area contributed by atoms with Crippen LogP contribution in [0.5, 0.6) is 17.4 Å². The van der Waals surface area contributed by atoms with Crippen molar-refractivity contribution >= 4 is 22.3 Å². The van der Waals surface area contributed by atoms with Gasteiger partial charge in [-0.15, -0.1) is 15.3 Å². The molecule has 0 saturated carbocycles. The number of benzene rings is 3. The number of rotatable bonds is 8. The van der Waals surface area contributed by atoms with Crippen LogP contribution in [0, 0.1) is 0 Å². The Bertz CT molecular complexity index is 1510.